The maximum Gasteiger partial charge on any atom is 0.271 e. The van der Waals surface area contributed by atoms with E-state index >= 15 is 0 Å². The van der Waals surface area contributed by atoms with Crippen LogP contribution in [0.2, 0.25) is 5.02 Å². The first kappa shape index (κ1) is 24.0. The van der Waals surface area contributed by atoms with Gasteiger partial charge in [0.15, 0.2) is 23.0 Å². The van der Waals surface area contributed by atoms with Crippen molar-refractivity contribution in [1.29, 1.82) is 0 Å². The molecule has 176 valence electrons. The zero-order valence-electron chi connectivity index (χ0n) is 18.3. The van der Waals surface area contributed by atoms with E-state index in [-0.39, 0.29) is 19.3 Å². The first-order valence-electron chi connectivity index (χ1n) is 10.0. The third-order valence-corrected chi connectivity index (χ3v) is 6.04. The molecule has 0 aromatic heterocycles. The number of fused-ring (bicyclic) bond motifs is 1. The van der Waals surface area contributed by atoms with E-state index in [0.29, 0.717) is 44.9 Å². The summed E-state index contributed by atoms with van der Waals surface area (Å²) in [5.74, 6) is 2.46. The number of methoxy groups -OCH3 is 2. The quantitative estimate of drug-likeness (QED) is 0.224. The fraction of sp³-hybridized carbons (Fsp3) is 0.167. The number of carbonyl (C=O) groups excluding carboxylic acids is 1. The Bertz CT molecular complexity index is 1250. The first-order chi connectivity index (χ1) is 16.5. The van der Waals surface area contributed by atoms with Crippen LogP contribution in [0.5, 0.6) is 28.7 Å². The van der Waals surface area contributed by atoms with E-state index in [4.69, 9.17) is 35.3 Å². The van der Waals surface area contributed by atoms with E-state index in [1.807, 2.05) is 18.2 Å². The average molecular weight is 595 g/mol. The minimum atomic E-state index is -0.368. The molecule has 0 aliphatic carbocycles. The monoisotopic (exact) mass is 594 g/mol. The van der Waals surface area contributed by atoms with Crippen molar-refractivity contribution in [1.82, 2.24) is 5.43 Å². The van der Waals surface area contributed by atoms with Gasteiger partial charge >= 0.3 is 0 Å². The number of benzene rings is 3. The van der Waals surface area contributed by atoms with E-state index in [9.17, 15) is 4.79 Å². The highest BCUT2D eigenvalue weighted by Gasteiger charge is 2.16. The molecule has 1 N–H and O–H groups in total. The highest BCUT2D eigenvalue weighted by molar-refractivity contribution is 14.1. The highest BCUT2D eigenvalue weighted by atomic mass is 127. The predicted octanol–water partition coefficient (Wildman–Crippen LogP) is 5.03. The van der Waals surface area contributed by atoms with Crippen molar-refractivity contribution < 1.29 is 28.5 Å². The standard InChI is InChI=1S/C24H20ClIN2O6/c1-30-20-10-16(4-5-18(20)26)24(29)28-27-11-15-7-17(25)23(22(9-15)31-2)32-12-14-3-6-19-21(8-14)34-13-33-19/h3-11H,12-13H2,1-2H3,(H,28,29)/b27-11-. The van der Waals surface area contributed by atoms with Gasteiger partial charge < -0.3 is 23.7 Å². The van der Waals surface area contributed by atoms with Gasteiger partial charge in [0, 0.05) is 5.56 Å². The third kappa shape index (κ3) is 5.48. The number of halogens is 2. The van der Waals surface area contributed by atoms with Crippen LogP contribution in [0.15, 0.2) is 53.6 Å². The van der Waals surface area contributed by atoms with Gasteiger partial charge in [-0.25, -0.2) is 5.43 Å². The topological polar surface area (TPSA) is 87.6 Å². The molecule has 1 aliphatic rings. The normalized spacial score (nSPS) is 12.0. The second-order valence-corrected chi connectivity index (χ2v) is 8.63. The molecule has 4 rings (SSSR count). The van der Waals surface area contributed by atoms with Crippen LogP contribution in [-0.2, 0) is 6.61 Å². The molecule has 3 aromatic carbocycles. The predicted molar refractivity (Wildman–Crippen MR) is 136 cm³/mol. The lowest BCUT2D eigenvalue weighted by atomic mass is 10.2. The Kier molecular flexibility index (Phi) is 7.63. The summed E-state index contributed by atoms with van der Waals surface area (Å²) in [6.45, 7) is 0.470. The smallest absolute Gasteiger partial charge is 0.271 e. The molecular weight excluding hydrogens is 575 g/mol. The number of amides is 1. The minimum Gasteiger partial charge on any atom is -0.496 e. The SMILES string of the molecule is COc1cc(C(=O)N/N=C\c2cc(Cl)c(OCc3ccc4c(c3)OCO4)c(OC)c2)ccc1I. The van der Waals surface area contributed by atoms with Gasteiger partial charge in [-0.15, -0.1) is 0 Å². The highest BCUT2D eigenvalue weighted by Crippen LogP contribution is 2.37. The summed E-state index contributed by atoms with van der Waals surface area (Å²) in [4.78, 5) is 12.4. The Morgan fingerprint density at radius 1 is 1.09 bits per heavy atom. The molecule has 8 nitrogen and oxygen atoms in total. The van der Waals surface area contributed by atoms with E-state index in [2.05, 4.69) is 33.1 Å². The number of hydrazone groups is 1. The molecule has 0 atom stereocenters. The van der Waals surface area contributed by atoms with Crippen molar-refractivity contribution in [3.8, 4) is 28.7 Å². The van der Waals surface area contributed by atoms with Crippen LogP contribution in [-0.4, -0.2) is 33.1 Å². The molecule has 1 amide bonds. The molecule has 0 radical (unpaired) electrons. The lowest BCUT2D eigenvalue weighted by molar-refractivity contribution is 0.0954. The number of ether oxygens (including phenoxy) is 5. The maximum absolute atomic E-state index is 12.4. The molecule has 1 aliphatic heterocycles. The number of nitrogens with zero attached hydrogens (tertiary/aromatic N) is 1. The van der Waals surface area contributed by atoms with Crippen LogP contribution < -0.4 is 29.1 Å². The summed E-state index contributed by atoms with van der Waals surface area (Å²) in [5.41, 5.74) is 4.43. The van der Waals surface area contributed by atoms with Crippen molar-refractivity contribution >= 4 is 46.3 Å². The summed E-state index contributed by atoms with van der Waals surface area (Å²) in [6, 6.07) is 14.1. The number of carbonyl (C=O) groups is 1. The molecule has 0 unspecified atom stereocenters. The zero-order chi connectivity index (χ0) is 24.1. The summed E-state index contributed by atoms with van der Waals surface area (Å²) in [7, 11) is 3.07. The Morgan fingerprint density at radius 2 is 1.88 bits per heavy atom. The lowest BCUT2D eigenvalue weighted by Crippen LogP contribution is -2.17. The summed E-state index contributed by atoms with van der Waals surface area (Å²) >= 11 is 8.58. The summed E-state index contributed by atoms with van der Waals surface area (Å²) in [6.07, 6.45) is 1.47. The minimum absolute atomic E-state index is 0.210. The van der Waals surface area contributed by atoms with Gasteiger partial charge in [0.2, 0.25) is 6.79 Å². The lowest BCUT2D eigenvalue weighted by Gasteiger charge is -2.13. The van der Waals surface area contributed by atoms with Crippen LogP contribution in [0, 0.1) is 3.57 Å². The van der Waals surface area contributed by atoms with E-state index in [1.54, 1.807) is 37.4 Å². The molecule has 3 aromatic rings. The molecule has 0 saturated carbocycles. The van der Waals surface area contributed by atoms with Crippen molar-refractivity contribution in [2.75, 3.05) is 21.0 Å². The maximum atomic E-state index is 12.4. The third-order valence-electron chi connectivity index (χ3n) is 4.86. The van der Waals surface area contributed by atoms with E-state index < -0.39 is 0 Å². The molecule has 1 heterocycles. The fourth-order valence-electron chi connectivity index (χ4n) is 3.17. The van der Waals surface area contributed by atoms with Crippen LogP contribution in [0.25, 0.3) is 0 Å². The second-order valence-electron chi connectivity index (χ2n) is 7.06. The number of rotatable bonds is 8. The van der Waals surface area contributed by atoms with Gasteiger partial charge in [0.1, 0.15) is 12.4 Å². The molecule has 10 heteroatoms. The van der Waals surface area contributed by atoms with Gasteiger partial charge in [-0.1, -0.05) is 17.7 Å². The van der Waals surface area contributed by atoms with Gasteiger partial charge in [-0.2, -0.15) is 5.10 Å². The van der Waals surface area contributed by atoms with Gasteiger partial charge in [0.05, 0.1) is 29.0 Å². The average Bonchev–Trinajstić information content (AvgIpc) is 3.31. The van der Waals surface area contributed by atoms with E-state index in [1.165, 1.54) is 13.3 Å². The van der Waals surface area contributed by atoms with Gasteiger partial charge in [0.25, 0.3) is 5.91 Å². The van der Waals surface area contributed by atoms with Gasteiger partial charge in [-0.3, -0.25) is 4.79 Å². The number of hydrogen-bond donors (Lipinski definition) is 1. The Morgan fingerprint density at radius 3 is 2.68 bits per heavy atom. The number of hydrogen-bond acceptors (Lipinski definition) is 7. The summed E-state index contributed by atoms with van der Waals surface area (Å²) in [5, 5.41) is 4.36. The van der Waals surface area contributed by atoms with Gasteiger partial charge in [-0.05, 0) is 76.2 Å². The first-order valence-corrected chi connectivity index (χ1v) is 11.5. The van der Waals surface area contributed by atoms with Crippen LogP contribution >= 0.6 is 34.2 Å². The fourth-order valence-corrected chi connectivity index (χ4v) is 4.00. The Balaban J connectivity index is 1.42. The Hall–Kier alpha value is -3.18. The molecule has 0 spiro atoms. The van der Waals surface area contributed by atoms with Crippen molar-refractivity contribution in [2.24, 2.45) is 5.10 Å². The van der Waals surface area contributed by atoms with Crippen molar-refractivity contribution in [3.63, 3.8) is 0 Å². The molecular formula is C24H20ClIN2O6. The molecule has 0 fully saturated rings. The van der Waals surface area contributed by atoms with Crippen LogP contribution in [0.3, 0.4) is 0 Å². The Labute approximate surface area is 214 Å². The van der Waals surface area contributed by atoms with E-state index in [0.717, 1.165) is 9.13 Å². The van der Waals surface area contributed by atoms with Crippen molar-refractivity contribution in [3.05, 3.63) is 73.8 Å². The van der Waals surface area contributed by atoms with Crippen LogP contribution in [0.4, 0.5) is 0 Å². The molecule has 34 heavy (non-hydrogen) atoms. The number of nitrogens with one attached hydrogen (secondary N) is 1. The summed E-state index contributed by atoms with van der Waals surface area (Å²) < 4.78 is 28.2. The molecule has 0 bridgehead atoms. The van der Waals surface area contributed by atoms with Crippen LogP contribution in [0.1, 0.15) is 21.5 Å². The zero-order valence-corrected chi connectivity index (χ0v) is 21.2. The van der Waals surface area contributed by atoms with Crippen molar-refractivity contribution in [2.45, 2.75) is 6.61 Å². The second kappa shape index (κ2) is 10.8. The molecule has 0 saturated heterocycles. The largest absolute Gasteiger partial charge is 0.496 e.